The minimum atomic E-state index is -0.444. The summed E-state index contributed by atoms with van der Waals surface area (Å²) in [5.74, 6) is 0.411. The molecule has 0 bridgehead atoms. The lowest BCUT2D eigenvalue weighted by Crippen LogP contribution is -2.19. The second kappa shape index (κ2) is 4.13. The molecule has 0 N–H and O–H groups in total. The molecule has 0 fully saturated rings. The molecule has 2 rings (SSSR count). The third kappa shape index (κ3) is 2.05. The molecule has 18 heavy (non-hydrogen) atoms. The molecule has 0 saturated heterocycles. The Balaban J connectivity index is 2.65. The molecule has 1 heterocycles. The van der Waals surface area contributed by atoms with Gasteiger partial charge in [-0.15, -0.1) is 0 Å². The highest BCUT2D eigenvalue weighted by Crippen LogP contribution is 2.33. The van der Waals surface area contributed by atoms with Crippen LogP contribution in [-0.4, -0.2) is 5.78 Å². The summed E-state index contributed by atoms with van der Waals surface area (Å²) in [6.45, 7) is 9.52. The maximum Gasteiger partial charge on any atom is 0.203 e. The number of furan rings is 1. The Bertz CT molecular complexity index is 630. The molecule has 3 heteroatoms. The van der Waals surface area contributed by atoms with E-state index in [0.717, 1.165) is 27.1 Å². The quantitative estimate of drug-likeness (QED) is 0.684. The zero-order valence-electron chi connectivity index (χ0n) is 11.3. The monoisotopic (exact) mass is 264 g/mol. The number of aryl methyl sites for hydroxylation is 2. The van der Waals surface area contributed by atoms with Crippen LogP contribution in [0, 0.1) is 19.3 Å². The number of hydrogen-bond acceptors (Lipinski definition) is 2. The molecule has 0 aliphatic heterocycles. The fourth-order valence-electron chi connectivity index (χ4n) is 1.96. The third-order valence-electron chi connectivity index (χ3n) is 3.09. The maximum absolute atomic E-state index is 12.2. The minimum Gasteiger partial charge on any atom is -0.453 e. The molecule has 2 aromatic rings. The lowest BCUT2D eigenvalue weighted by Gasteiger charge is -2.13. The first kappa shape index (κ1) is 13.2. The highest BCUT2D eigenvalue weighted by atomic mass is 35.5. The van der Waals surface area contributed by atoms with Crippen LogP contribution in [0.3, 0.4) is 0 Å². The third-order valence-corrected chi connectivity index (χ3v) is 3.67. The standard InChI is InChI=1S/C15H17ClO2/c1-8-6-11-10(9(2)13(8)16)7-12(18-11)14(17)15(3,4)5/h6-7H,1-5H3. The van der Waals surface area contributed by atoms with Crippen LogP contribution in [0.5, 0.6) is 0 Å². The van der Waals surface area contributed by atoms with Crippen molar-refractivity contribution in [2.45, 2.75) is 34.6 Å². The van der Waals surface area contributed by atoms with Crippen LogP contribution in [0.4, 0.5) is 0 Å². The van der Waals surface area contributed by atoms with Crippen molar-refractivity contribution in [3.8, 4) is 0 Å². The van der Waals surface area contributed by atoms with E-state index < -0.39 is 5.41 Å². The molecule has 96 valence electrons. The van der Waals surface area contributed by atoms with Crippen LogP contribution in [0.25, 0.3) is 11.0 Å². The van der Waals surface area contributed by atoms with Crippen molar-refractivity contribution in [1.82, 2.24) is 0 Å². The van der Waals surface area contributed by atoms with Gasteiger partial charge in [-0.05, 0) is 37.1 Å². The first-order chi connectivity index (χ1) is 8.21. The molecule has 1 aromatic heterocycles. The van der Waals surface area contributed by atoms with E-state index >= 15 is 0 Å². The summed E-state index contributed by atoms with van der Waals surface area (Å²) in [7, 11) is 0. The fraction of sp³-hybridized carbons (Fsp3) is 0.400. The Labute approximate surface area is 112 Å². The van der Waals surface area contributed by atoms with Crippen molar-refractivity contribution in [1.29, 1.82) is 0 Å². The van der Waals surface area contributed by atoms with Crippen molar-refractivity contribution in [3.63, 3.8) is 0 Å². The van der Waals surface area contributed by atoms with E-state index in [2.05, 4.69) is 0 Å². The van der Waals surface area contributed by atoms with E-state index in [1.165, 1.54) is 0 Å². The second-order valence-corrected chi connectivity index (χ2v) is 6.11. The summed E-state index contributed by atoms with van der Waals surface area (Å²) in [4.78, 5) is 12.2. The highest BCUT2D eigenvalue weighted by Gasteiger charge is 2.26. The van der Waals surface area contributed by atoms with Gasteiger partial charge >= 0.3 is 0 Å². The van der Waals surface area contributed by atoms with Crippen LogP contribution in [0.2, 0.25) is 5.02 Å². The summed E-state index contributed by atoms with van der Waals surface area (Å²) in [5.41, 5.74) is 2.21. The van der Waals surface area contributed by atoms with Gasteiger partial charge in [0, 0.05) is 15.8 Å². The number of rotatable bonds is 1. The Kier molecular flexibility index (Phi) is 3.02. The second-order valence-electron chi connectivity index (χ2n) is 5.73. The average molecular weight is 265 g/mol. The van der Waals surface area contributed by atoms with Crippen molar-refractivity contribution in [2.75, 3.05) is 0 Å². The molecule has 0 radical (unpaired) electrons. The van der Waals surface area contributed by atoms with Gasteiger partial charge in [0.2, 0.25) is 5.78 Å². The maximum atomic E-state index is 12.2. The van der Waals surface area contributed by atoms with Gasteiger partial charge in [0.15, 0.2) is 5.76 Å². The lowest BCUT2D eigenvalue weighted by atomic mass is 9.89. The predicted octanol–water partition coefficient (Wildman–Crippen LogP) is 4.93. The molecule has 0 saturated carbocycles. The largest absolute Gasteiger partial charge is 0.453 e. The Morgan fingerprint density at radius 2 is 1.83 bits per heavy atom. The lowest BCUT2D eigenvalue weighted by molar-refractivity contribution is 0.0831. The molecular formula is C15H17ClO2. The number of carbonyl (C=O) groups is 1. The number of halogens is 1. The molecule has 2 nitrogen and oxygen atoms in total. The van der Waals surface area contributed by atoms with E-state index in [1.807, 2.05) is 40.7 Å². The van der Waals surface area contributed by atoms with E-state index in [0.29, 0.717) is 5.76 Å². The average Bonchev–Trinajstić information content (AvgIpc) is 2.67. The fourth-order valence-corrected chi connectivity index (χ4v) is 2.12. The van der Waals surface area contributed by atoms with Gasteiger partial charge in [0.1, 0.15) is 5.58 Å². The smallest absolute Gasteiger partial charge is 0.203 e. The van der Waals surface area contributed by atoms with Crippen molar-refractivity contribution in [3.05, 3.63) is 34.0 Å². The van der Waals surface area contributed by atoms with Gasteiger partial charge in [0.25, 0.3) is 0 Å². The number of ketones is 1. The Morgan fingerprint density at radius 1 is 1.22 bits per heavy atom. The SMILES string of the molecule is Cc1cc2oc(C(=O)C(C)(C)C)cc2c(C)c1Cl. The van der Waals surface area contributed by atoms with Crippen LogP contribution >= 0.6 is 11.6 Å². The summed E-state index contributed by atoms with van der Waals surface area (Å²) in [5, 5.41) is 1.65. The number of fused-ring (bicyclic) bond motifs is 1. The molecule has 0 aliphatic carbocycles. The van der Waals surface area contributed by atoms with Gasteiger partial charge in [-0.2, -0.15) is 0 Å². The normalized spacial score (nSPS) is 12.1. The van der Waals surface area contributed by atoms with Crippen molar-refractivity contribution in [2.24, 2.45) is 5.41 Å². The zero-order chi connectivity index (χ0) is 13.7. The zero-order valence-corrected chi connectivity index (χ0v) is 12.1. The van der Waals surface area contributed by atoms with Crippen LogP contribution in [0.15, 0.2) is 16.5 Å². The Hall–Kier alpha value is -1.28. The van der Waals surface area contributed by atoms with E-state index in [9.17, 15) is 4.79 Å². The number of benzene rings is 1. The number of carbonyl (C=O) groups excluding carboxylic acids is 1. The summed E-state index contributed by atoms with van der Waals surface area (Å²) < 4.78 is 5.66. The molecule has 0 unspecified atom stereocenters. The summed E-state index contributed by atoms with van der Waals surface area (Å²) >= 11 is 6.21. The number of hydrogen-bond donors (Lipinski definition) is 0. The van der Waals surface area contributed by atoms with Gasteiger partial charge < -0.3 is 4.42 Å². The van der Waals surface area contributed by atoms with Gasteiger partial charge in [0.05, 0.1) is 0 Å². The van der Waals surface area contributed by atoms with E-state index in [4.69, 9.17) is 16.0 Å². The first-order valence-electron chi connectivity index (χ1n) is 5.96. The Morgan fingerprint density at radius 3 is 2.39 bits per heavy atom. The minimum absolute atomic E-state index is 0.00637. The molecule has 1 aromatic carbocycles. The van der Waals surface area contributed by atoms with Crippen molar-refractivity contribution < 1.29 is 9.21 Å². The van der Waals surface area contributed by atoms with Crippen molar-refractivity contribution >= 4 is 28.4 Å². The van der Waals surface area contributed by atoms with Gasteiger partial charge in [-0.25, -0.2) is 0 Å². The van der Waals surface area contributed by atoms with Crippen LogP contribution < -0.4 is 0 Å². The van der Waals surface area contributed by atoms with Gasteiger partial charge in [-0.1, -0.05) is 32.4 Å². The number of Topliss-reactive ketones (excluding diaryl/α,β-unsaturated/α-hetero) is 1. The molecule has 0 aliphatic rings. The highest BCUT2D eigenvalue weighted by molar-refractivity contribution is 6.33. The van der Waals surface area contributed by atoms with E-state index in [-0.39, 0.29) is 5.78 Å². The molecule has 0 atom stereocenters. The topological polar surface area (TPSA) is 30.2 Å². The molecule has 0 amide bonds. The first-order valence-corrected chi connectivity index (χ1v) is 6.33. The molecular weight excluding hydrogens is 248 g/mol. The predicted molar refractivity (Wildman–Crippen MR) is 74.5 cm³/mol. The van der Waals surface area contributed by atoms with Gasteiger partial charge in [-0.3, -0.25) is 4.79 Å². The summed E-state index contributed by atoms with van der Waals surface area (Å²) in [6, 6.07) is 3.67. The van der Waals surface area contributed by atoms with E-state index in [1.54, 1.807) is 6.07 Å². The van der Waals surface area contributed by atoms with Crippen LogP contribution in [0.1, 0.15) is 42.5 Å². The summed E-state index contributed by atoms with van der Waals surface area (Å²) in [6.07, 6.45) is 0. The van der Waals surface area contributed by atoms with Crippen LogP contribution in [-0.2, 0) is 0 Å². The molecule has 0 spiro atoms.